The molecule has 3 N–H and O–H groups in total. The van der Waals surface area contributed by atoms with Crippen LogP contribution in [0.2, 0.25) is 0 Å². The number of alkyl halides is 6. The van der Waals surface area contributed by atoms with Crippen molar-refractivity contribution in [2.24, 2.45) is 10.8 Å². The van der Waals surface area contributed by atoms with Crippen LogP contribution in [0.25, 0.3) is 0 Å². The van der Waals surface area contributed by atoms with E-state index in [0.717, 1.165) is 0 Å². The fourth-order valence-corrected chi connectivity index (χ4v) is 1.32. The second-order valence-electron chi connectivity index (χ2n) is 3.53. The Bertz CT molecular complexity index is 535. The summed E-state index contributed by atoms with van der Waals surface area (Å²) in [6.45, 7) is 0. The molecule has 1 aromatic rings. The van der Waals surface area contributed by atoms with Crippen molar-refractivity contribution in [1.82, 2.24) is 5.43 Å². The van der Waals surface area contributed by atoms with Gasteiger partial charge in [0.1, 0.15) is 0 Å². The Hall–Kier alpha value is -1.84. The fourth-order valence-electron chi connectivity index (χ4n) is 1.27. The van der Waals surface area contributed by atoms with E-state index in [1.165, 1.54) is 0 Å². The maximum absolute atomic E-state index is 12.6. The van der Waals surface area contributed by atoms with E-state index in [2.05, 4.69) is 17.3 Å². The highest BCUT2D eigenvalue weighted by Crippen LogP contribution is 2.35. The molecular formula is C10H7F6N3S. The first-order valence-electron chi connectivity index (χ1n) is 4.89. The fraction of sp³-hybridized carbons (Fsp3) is 0.200. The predicted octanol–water partition coefficient (Wildman–Crippen LogP) is 2.89. The van der Waals surface area contributed by atoms with Gasteiger partial charge < -0.3 is 5.73 Å². The molecule has 0 radical (unpaired) electrons. The number of nitrogens with one attached hydrogen (secondary N) is 1. The molecule has 1 aromatic carbocycles. The van der Waals surface area contributed by atoms with Gasteiger partial charge in [0.2, 0.25) is 0 Å². The lowest BCUT2D eigenvalue weighted by atomic mass is 10.0. The van der Waals surface area contributed by atoms with Gasteiger partial charge in [-0.3, -0.25) is 5.43 Å². The van der Waals surface area contributed by atoms with Gasteiger partial charge in [0.25, 0.3) is 0 Å². The van der Waals surface area contributed by atoms with Crippen molar-refractivity contribution in [3.05, 3.63) is 34.9 Å². The Morgan fingerprint density at radius 3 is 2.20 bits per heavy atom. The standard InChI is InChI=1S/C10H7F6N3S/c11-9(12,13)6-1-2-7(10(14,15)16)5(3-6)4-18-19-8(17)20/h1-4H,(H3,17,19,20). The number of hydrogen-bond donors (Lipinski definition) is 2. The minimum absolute atomic E-state index is 0.332. The van der Waals surface area contributed by atoms with Crippen LogP contribution in [0.1, 0.15) is 16.7 Å². The van der Waals surface area contributed by atoms with Gasteiger partial charge in [-0.2, -0.15) is 31.4 Å². The third-order valence-corrected chi connectivity index (χ3v) is 2.15. The second-order valence-corrected chi connectivity index (χ2v) is 3.97. The molecule has 10 heteroatoms. The average molecular weight is 315 g/mol. The number of rotatable bonds is 2. The number of hydrazone groups is 1. The summed E-state index contributed by atoms with van der Waals surface area (Å²) in [4.78, 5) is 0. The molecule has 0 aromatic heterocycles. The Morgan fingerprint density at radius 2 is 1.75 bits per heavy atom. The minimum atomic E-state index is -4.81. The highest BCUT2D eigenvalue weighted by atomic mass is 32.1. The summed E-state index contributed by atoms with van der Waals surface area (Å²) in [5.41, 5.74) is 3.72. The van der Waals surface area contributed by atoms with Gasteiger partial charge in [-0.05, 0) is 30.4 Å². The van der Waals surface area contributed by atoms with Gasteiger partial charge in [0.15, 0.2) is 5.11 Å². The van der Waals surface area contributed by atoms with Crippen molar-refractivity contribution in [3.63, 3.8) is 0 Å². The molecular weight excluding hydrogens is 308 g/mol. The molecule has 1 rings (SSSR count). The lowest BCUT2D eigenvalue weighted by molar-refractivity contribution is -0.141. The molecule has 0 spiro atoms. The molecule has 0 amide bonds. The number of benzene rings is 1. The predicted molar refractivity (Wildman–Crippen MR) is 64.0 cm³/mol. The van der Waals surface area contributed by atoms with E-state index in [1.807, 2.05) is 5.43 Å². The summed E-state index contributed by atoms with van der Waals surface area (Å²) in [6, 6.07) is 1.03. The van der Waals surface area contributed by atoms with Crippen molar-refractivity contribution in [2.75, 3.05) is 0 Å². The molecule has 3 nitrogen and oxygen atoms in total. The van der Waals surface area contributed by atoms with E-state index in [9.17, 15) is 26.3 Å². The zero-order valence-corrected chi connectivity index (χ0v) is 10.3. The SMILES string of the molecule is NC(=S)NN=Cc1cc(C(F)(F)F)ccc1C(F)(F)F. The second kappa shape index (κ2) is 5.65. The average Bonchev–Trinajstić information content (AvgIpc) is 2.25. The number of thiocarbonyl (C=S) groups is 1. The molecule has 0 saturated carbocycles. The van der Waals surface area contributed by atoms with E-state index in [-0.39, 0.29) is 5.11 Å². The molecule has 110 valence electrons. The zero-order valence-electron chi connectivity index (χ0n) is 9.51. The number of nitrogens with two attached hydrogens (primary N) is 1. The molecule has 0 unspecified atom stereocenters. The van der Waals surface area contributed by atoms with Crippen LogP contribution in [0.15, 0.2) is 23.3 Å². The Morgan fingerprint density at radius 1 is 1.15 bits per heavy atom. The molecule has 20 heavy (non-hydrogen) atoms. The Labute approximate surface area is 114 Å². The first-order valence-corrected chi connectivity index (χ1v) is 5.29. The molecule has 0 saturated heterocycles. The largest absolute Gasteiger partial charge is 0.417 e. The molecule has 0 aliphatic heterocycles. The van der Waals surface area contributed by atoms with Crippen molar-refractivity contribution in [3.8, 4) is 0 Å². The number of nitrogens with zero attached hydrogens (tertiary/aromatic N) is 1. The summed E-state index contributed by atoms with van der Waals surface area (Å²) in [7, 11) is 0. The maximum atomic E-state index is 12.6. The molecule has 0 bridgehead atoms. The summed E-state index contributed by atoms with van der Waals surface area (Å²) < 4.78 is 75.3. The lowest BCUT2D eigenvalue weighted by Gasteiger charge is -2.13. The zero-order chi connectivity index (χ0) is 15.6. The van der Waals surface area contributed by atoms with Gasteiger partial charge in [-0.15, -0.1) is 0 Å². The lowest BCUT2D eigenvalue weighted by Crippen LogP contribution is -2.24. The molecule has 0 aliphatic rings. The normalized spacial score (nSPS) is 12.7. The summed E-state index contributed by atoms with van der Waals surface area (Å²) in [6.07, 6.45) is -9.00. The first-order chi connectivity index (χ1) is 9.01. The maximum Gasteiger partial charge on any atom is 0.417 e. The molecule has 0 heterocycles. The minimum Gasteiger partial charge on any atom is -0.375 e. The van der Waals surface area contributed by atoms with Crippen molar-refractivity contribution >= 4 is 23.5 Å². The van der Waals surface area contributed by atoms with Gasteiger partial charge in [0.05, 0.1) is 17.3 Å². The topological polar surface area (TPSA) is 50.4 Å². The summed E-state index contributed by atoms with van der Waals surface area (Å²) in [5, 5.41) is 2.90. The van der Waals surface area contributed by atoms with Crippen LogP contribution in [-0.2, 0) is 12.4 Å². The highest BCUT2D eigenvalue weighted by molar-refractivity contribution is 7.80. The van der Waals surface area contributed by atoms with Crippen LogP contribution in [0.3, 0.4) is 0 Å². The van der Waals surface area contributed by atoms with Gasteiger partial charge in [0, 0.05) is 5.56 Å². The third-order valence-electron chi connectivity index (χ3n) is 2.06. The van der Waals surface area contributed by atoms with E-state index in [0.29, 0.717) is 24.4 Å². The van der Waals surface area contributed by atoms with Crippen molar-refractivity contribution in [1.29, 1.82) is 0 Å². The number of halogens is 6. The van der Waals surface area contributed by atoms with E-state index in [4.69, 9.17) is 5.73 Å². The van der Waals surface area contributed by atoms with Crippen LogP contribution in [0.4, 0.5) is 26.3 Å². The summed E-state index contributed by atoms with van der Waals surface area (Å²) in [5.74, 6) is 0. The smallest absolute Gasteiger partial charge is 0.375 e. The van der Waals surface area contributed by atoms with Gasteiger partial charge in [-0.1, -0.05) is 0 Å². The van der Waals surface area contributed by atoms with Crippen molar-refractivity contribution < 1.29 is 26.3 Å². The van der Waals surface area contributed by atoms with Gasteiger partial charge >= 0.3 is 12.4 Å². The van der Waals surface area contributed by atoms with Crippen LogP contribution < -0.4 is 11.2 Å². The Kier molecular flexibility index (Phi) is 4.58. The van der Waals surface area contributed by atoms with E-state index in [1.54, 1.807) is 0 Å². The van der Waals surface area contributed by atoms with Crippen molar-refractivity contribution in [2.45, 2.75) is 12.4 Å². The molecule has 0 atom stereocenters. The van der Waals surface area contributed by atoms with E-state index < -0.39 is 29.0 Å². The van der Waals surface area contributed by atoms with Crippen LogP contribution >= 0.6 is 12.2 Å². The Balaban J connectivity index is 3.27. The molecule has 0 aliphatic carbocycles. The monoisotopic (exact) mass is 315 g/mol. The third kappa shape index (κ3) is 4.37. The number of hydrogen-bond acceptors (Lipinski definition) is 2. The quantitative estimate of drug-likeness (QED) is 0.382. The van der Waals surface area contributed by atoms with Crippen LogP contribution in [0, 0.1) is 0 Å². The summed E-state index contributed by atoms with van der Waals surface area (Å²) >= 11 is 4.35. The van der Waals surface area contributed by atoms with E-state index >= 15 is 0 Å². The molecule has 0 fully saturated rings. The van der Waals surface area contributed by atoms with Crippen LogP contribution in [-0.4, -0.2) is 11.3 Å². The van der Waals surface area contributed by atoms with Gasteiger partial charge in [-0.25, -0.2) is 0 Å². The first kappa shape index (κ1) is 16.2. The highest BCUT2D eigenvalue weighted by Gasteiger charge is 2.36. The van der Waals surface area contributed by atoms with Crippen LogP contribution in [0.5, 0.6) is 0 Å².